The van der Waals surface area contributed by atoms with Crippen LogP contribution in [0, 0.1) is 0 Å². The van der Waals surface area contributed by atoms with Gasteiger partial charge in [0.1, 0.15) is 5.76 Å². The minimum Gasteiger partial charge on any atom is -0.386 e. The Hall–Kier alpha value is -0.260. The van der Waals surface area contributed by atoms with Crippen molar-refractivity contribution in [2.75, 3.05) is 13.1 Å². The fraction of sp³-hybridized carbons (Fsp3) is 0.846. The Balaban J connectivity index is 1.97. The molecule has 1 fully saturated rings. The fourth-order valence-electron chi connectivity index (χ4n) is 3.39. The summed E-state index contributed by atoms with van der Waals surface area (Å²) in [4.78, 5) is 2.25. The van der Waals surface area contributed by atoms with E-state index in [4.69, 9.17) is 15.8 Å². The van der Waals surface area contributed by atoms with Crippen LogP contribution in [0.3, 0.4) is 0 Å². The maximum absolute atomic E-state index is 12.1. The van der Waals surface area contributed by atoms with Crippen molar-refractivity contribution < 1.29 is 12.6 Å². The van der Waals surface area contributed by atoms with Gasteiger partial charge in [0.05, 0.1) is 6.04 Å². The number of likely N-dealkylation sites (tertiary alicyclic amines) is 1. The third-order valence-electron chi connectivity index (χ3n) is 4.34. The third kappa shape index (κ3) is 2.52. The second kappa shape index (κ2) is 5.26. The zero-order valence-electron chi connectivity index (χ0n) is 11.0. The van der Waals surface area contributed by atoms with Crippen LogP contribution in [-0.2, 0) is 14.3 Å². The first-order valence-electron chi connectivity index (χ1n) is 7.13. The van der Waals surface area contributed by atoms with Crippen molar-refractivity contribution >= 4 is 21.7 Å². The van der Waals surface area contributed by atoms with Gasteiger partial charge in [-0.15, -0.1) is 0 Å². The summed E-state index contributed by atoms with van der Waals surface area (Å²) in [7, 11) is -3.66. The summed E-state index contributed by atoms with van der Waals surface area (Å²) in [6.07, 6.45) is 7.26. The van der Waals surface area contributed by atoms with Gasteiger partial charge in [0, 0.05) is 6.42 Å². The summed E-state index contributed by atoms with van der Waals surface area (Å²) in [5.74, 6) is 0.679. The molecular weight excluding hydrogens is 286 g/mol. The fourth-order valence-corrected chi connectivity index (χ4v) is 5.03. The van der Waals surface area contributed by atoms with Crippen molar-refractivity contribution in [1.29, 1.82) is 0 Å². The molecule has 0 spiro atoms. The van der Waals surface area contributed by atoms with Crippen molar-refractivity contribution in [2.45, 2.75) is 55.7 Å². The lowest BCUT2D eigenvalue weighted by Gasteiger charge is -2.42. The van der Waals surface area contributed by atoms with E-state index in [-0.39, 0.29) is 6.04 Å². The van der Waals surface area contributed by atoms with Gasteiger partial charge in [-0.05, 0) is 50.8 Å². The quantitative estimate of drug-likeness (QED) is 0.552. The zero-order chi connectivity index (χ0) is 13.5. The largest absolute Gasteiger partial charge is 0.386 e. The van der Waals surface area contributed by atoms with E-state index < -0.39 is 14.8 Å². The summed E-state index contributed by atoms with van der Waals surface area (Å²) in [5.41, 5.74) is 1.14. The first kappa shape index (κ1) is 13.7. The molecule has 0 aromatic heterocycles. The van der Waals surface area contributed by atoms with Crippen molar-refractivity contribution in [3.05, 3.63) is 11.3 Å². The predicted molar refractivity (Wildman–Crippen MR) is 74.4 cm³/mol. The van der Waals surface area contributed by atoms with E-state index in [1.807, 2.05) is 0 Å². The number of nitrogens with zero attached hydrogens (tertiary/aromatic N) is 1. The van der Waals surface area contributed by atoms with E-state index in [1.54, 1.807) is 0 Å². The lowest BCUT2D eigenvalue weighted by Crippen LogP contribution is -2.51. The van der Waals surface area contributed by atoms with E-state index in [9.17, 15) is 8.42 Å². The molecule has 2 atom stereocenters. The van der Waals surface area contributed by atoms with E-state index in [2.05, 4.69) is 4.90 Å². The highest BCUT2D eigenvalue weighted by Crippen LogP contribution is 2.40. The molecule has 1 saturated heterocycles. The molecule has 0 N–H and O–H groups in total. The van der Waals surface area contributed by atoms with E-state index in [1.165, 1.54) is 6.42 Å². The molecule has 2 heterocycles. The molecule has 3 aliphatic rings. The van der Waals surface area contributed by atoms with Crippen molar-refractivity contribution in [3.63, 3.8) is 0 Å². The summed E-state index contributed by atoms with van der Waals surface area (Å²) >= 11 is 6.24. The second-order valence-electron chi connectivity index (χ2n) is 5.62. The first-order valence-corrected chi connectivity index (χ1v) is 9.04. The molecule has 0 aromatic rings. The van der Waals surface area contributed by atoms with Crippen LogP contribution in [0.2, 0.25) is 0 Å². The van der Waals surface area contributed by atoms with Gasteiger partial charge in [-0.3, -0.25) is 4.90 Å². The minimum absolute atomic E-state index is 0.170. The van der Waals surface area contributed by atoms with Crippen LogP contribution in [0.5, 0.6) is 0 Å². The number of piperidine rings is 1. The number of allylic oxidation sites excluding steroid dienone is 1. The average molecular weight is 306 g/mol. The topological polar surface area (TPSA) is 46.6 Å². The average Bonchev–Trinajstić information content (AvgIpc) is 2.41. The Kier molecular flexibility index (Phi) is 3.80. The van der Waals surface area contributed by atoms with E-state index in [0.717, 1.165) is 57.2 Å². The van der Waals surface area contributed by atoms with Crippen LogP contribution in [0.1, 0.15) is 44.9 Å². The highest BCUT2D eigenvalue weighted by Gasteiger charge is 2.45. The van der Waals surface area contributed by atoms with Crippen LogP contribution >= 0.6 is 11.6 Å². The summed E-state index contributed by atoms with van der Waals surface area (Å²) in [6, 6.07) is -0.170. The first-order chi connectivity index (χ1) is 9.09. The zero-order valence-corrected chi connectivity index (χ0v) is 12.5. The highest BCUT2D eigenvalue weighted by molar-refractivity contribution is 7.88. The van der Waals surface area contributed by atoms with Crippen LogP contribution < -0.4 is 0 Å². The van der Waals surface area contributed by atoms with E-state index >= 15 is 0 Å². The smallest absolute Gasteiger partial charge is 0.327 e. The van der Waals surface area contributed by atoms with Gasteiger partial charge < -0.3 is 4.18 Å². The molecule has 4 nitrogen and oxygen atoms in total. The molecule has 108 valence electrons. The molecule has 0 saturated carbocycles. The van der Waals surface area contributed by atoms with Crippen LogP contribution in [0.25, 0.3) is 0 Å². The number of halogens is 1. The maximum atomic E-state index is 12.1. The molecular formula is C13H20ClNO3S. The molecule has 1 aliphatic carbocycles. The van der Waals surface area contributed by atoms with Gasteiger partial charge >= 0.3 is 10.1 Å². The van der Waals surface area contributed by atoms with Gasteiger partial charge in [-0.1, -0.05) is 18.0 Å². The number of hydrogen-bond donors (Lipinski definition) is 0. The highest BCUT2D eigenvalue weighted by atomic mass is 35.5. The molecule has 0 bridgehead atoms. The second-order valence-corrected chi connectivity index (χ2v) is 8.01. The molecule has 0 amide bonds. The van der Waals surface area contributed by atoms with Crippen molar-refractivity contribution in [3.8, 4) is 0 Å². The Labute approximate surface area is 119 Å². The molecule has 0 aromatic carbocycles. The van der Waals surface area contributed by atoms with Crippen molar-refractivity contribution in [2.24, 2.45) is 0 Å². The molecule has 2 aliphatic heterocycles. The van der Waals surface area contributed by atoms with Gasteiger partial charge in [-0.25, -0.2) is 0 Å². The Bertz CT molecular complexity index is 482. The van der Waals surface area contributed by atoms with Crippen LogP contribution in [0.4, 0.5) is 0 Å². The molecule has 3 rings (SSSR count). The third-order valence-corrected chi connectivity index (χ3v) is 6.48. The normalized spacial score (nSPS) is 35.6. The van der Waals surface area contributed by atoms with Gasteiger partial charge in [0.25, 0.3) is 0 Å². The number of rotatable bonds is 1. The predicted octanol–water partition coefficient (Wildman–Crippen LogP) is 2.59. The number of alkyl halides is 1. The maximum Gasteiger partial charge on any atom is 0.327 e. The molecule has 6 heteroatoms. The summed E-state index contributed by atoms with van der Waals surface area (Å²) in [5, 5.41) is 0. The Morgan fingerprint density at radius 1 is 1.05 bits per heavy atom. The van der Waals surface area contributed by atoms with Crippen LogP contribution in [0.15, 0.2) is 11.3 Å². The Morgan fingerprint density at radius 2 is 1.74 bits per heavy atom. The van der Waals surface area contributed by atoms with Crippen molar-refractivity contribution in [1.82, 2.24) is 4.90 Å². The SMILES string of the molecule is O=S1(=O)OC2=C(CCCC2)C(N2CCCCC2)C1Cl. The lowest BCUT2D eigenvalue weighted by atomic mass is 9.91. The minimum atomic E-state index is -3.66. The summed E-state index contributed by atoms with van der Waals surface area (Å²) in [6.45, 7) is 1.89. The van der Waals surface area contributed by atoms with Gasteiger partial charge in [0.15, 0.2) is 4.71 Å². The molecule has 2 unspecified atom stereocenters. The van der Waals surface area contributed by atoms with E-state index in [0.29, 0.717) is 5.76 Å². The molecule has 19 heavy (non-hydrogen) atoms. The lowest BCUT2D eigenvalue weighted by molar-refractivity contribution is 0.170. The Morgan fingerprint density at radius 3 is 2.47 bits per heavy atom. The standard InChI is InChI=1S/C13H20ClNO3S/c14-13-12(15-8-4-1-5-9-15)10-6-2-3-7-11(10)18-19(13,16)17/h12-13H,1-9H2. The monoisotopic (exact) mass is 305 g/mol. The van der Waals surface area contributed by atoms with Crippen LogP contribution in [-0.4, -0.2) is 37.2 Å². The van der Waals surface area contributed by atoms with Gasteiger partial charge in [0.2, 0.25) is 0 Å². The van der Waals surface area contributed by atoms with Gasteiger partial charge in [-0.2, -0.15) is 8.42 Å². The summed E-state index contributed by atoms with van der Waals surface area (Å²) < 4.78 is 28.4. The number of hydrogen-bond acceptors (Lipinski definition) is 4. The molecule has 0 radical (unpaired) electrons.